The van der Waals surface area contributed by atoms with Crippen molar-refractivity contribution in [3.8, 4) is 0 Å². The Morgan fingerprint density at radius 1 is 1.23 bits per heavy atom. The van der Waals surface area contributed by atoms with E-state index in [1.807, 2.05) is 29.3 Å². The third kappa shape index (κ3) is 2.56. The molecule has 2 atom stereocenters. The van der Waals surface area contributed by atoms with E-state index in [0.717, 1.165) is 31.6 Å². The fourth-order valence-corrected chi connectivity index (χ4v) is 4.53. The van der Waals surface area contributed by atoms with Gasteiger partial charge in [-0.25, -0.2) is 0 Å². The van der Waals surface area contributed by atoms with Crippen LogP contribution in [0.1, 0.15) is 12.0 Å². The van der Waals surface area contributed by atoms with E-state index in [-0.39, 0.29) is 11.9 Å². The zero-order valence-corrected chi connectivity index (χ0v) is 13.1. The second kappa shape index (κ2) is 6.04. The van der Waals surface area contributed by atoms with Crippen LogP contribution in [0.2, 0.25) is 0 Å². The summed E-state index contributed by atoms with van der Waals surface area (Å²) in [6.07, 6.45) is 5.77. The Labute approximate surface area is 134 Å². The van der Waals surface area contributed by atoms with Gasteiger partial charge < -0.3 is 0 Å². The first-order chi connectivity index (χ1) is 10.8. The molecular weight excluding hydrogens is 296 g/mol. The van der Waals surface area contributed by atoms with E-state index in [2.05, 4.69) is 27.7 Å². The van der Waals surface area contributed by atoms with Crippen LogP contribution in [0.5, 0.6) is 0 Å². The third-order valence-electron chi connectivity index (χ3n) is 4.59. The number of para-hydroxylation sites is 1. The van der Waals surface area contributed by atoms with E-state index in [4.69, 9.17) is 0 Å². The van der Waals surface area contributed by atoms with Crippen LogP contribution in [0.4, 0.5) is 5.69 Å². The number of hydrogen-bond donors (Lipinski definition) is 3. The van der Waals surface area contributed by atoms with E-state index in [1.165, 1.54) is 5.56 Å². The van der Waals surface area contributed by atoms with Gasteiger partial charge in [-0.2, -0.15) is 0 Å². The highest BCUT2D eigenvalue weighted by atomic mass is 32.2. The molecule has 3 aliphatic rings. The lowest BCUT2D eigenvalue weighted by atomic mass is 9.99. The lowest BCUT2D eigenvalue weighted by molar-refractivity contribution is -0.119. The summed E-state index contributed by atoms with van der Waals surface area (Å²) in [5, 5.41) is 0.487. The van der Waals surface area contributed by atoms with Crippen LogP contribution < -0.4 is 20.5 Å². The monoisotopic (exact) mass is 316 g/mol. The van der Waals surface area contributed by atoms with Gasteiger partial charge in [-0.3, -0.25) is 25.3 Å². The molecule has 0 bridgehead atoms. The number of fused-ring (bicyclic) bond motifs is 1. The summed E-state index contributed by atoms with van der Waals surface area (Å²) in [6, 6.07) is 8.04. The van der Waals surface area contributed by atoms with Crippen LogP contribution in [0.3, 0.4) is 0 Å². The Balaban J connectivity index is 1.48. The Morgan fingerprint density at radius 2 is 2.05 bits per heavy atom. The number of rotatable bonds is 2. The molecule has 0 radical (unpaired) electrons. The summed E-state index contributed by atoms with van der Waals surface area (Å²) in [7, 11) is 0. The molecular formula is C16H20N4OS. The number of amides is 1. The van der Waals surface area contributed by atoms with Crippen LogP contribution in [0.15, 0.2) is 36.5 Å². The number of anilines is 1. The summed E-state index contributed by atoms with van der Waals surface area (Å²) >= 11 is 1.72. The van der Waals surface area contributed by atoms with Crippen LogP contribution in [-0.2, 0) is 11.2 Å². The van der Waals surface area contributed by atoms with Gasteiger partial charge in [-0.05, 0) is 30.4 Å². The average molecular weight is 316 g/mol. The van der Waals surface area contributed by atoms with Crippen LogP contribution in [0.25, 0.3) is 0 Å². The van der Waals surface area contributed by atoms with Gasteiger partial charge in [0.15, 0.2) is 0 Å². The lowest BCUT2D eigenvalue weighted by Crippen LogP contribution is -2.41. The normalized spacial score (nSPS) is 28.1. The molecule has 5 nitrogen and oxygen atoms in total. The maximum absolute atomic E-state index is 12.9. The van der Waals surface area contributed by atoms with Gasteiger partial charge in [-0.1, -0.05) is 36.2 Å². The first kappa shape index (κ1) is 14.3. The molecule has 2 fully saturated rings. The van der Waals surface area contributed by atoms with Gasteiger partial charge in [0.2, 0.25) is 5.91 Å². The first-order valence-corrected chi connectivity index (χ1v) is 8.65. The molecule has 1 amide bonds. The van der Waals surface area contributed by atoms with E-state index in [1.54, 1.807) is 11.9 Å². The van der Waals surface area contributed by atoms with Gasteiger partial charge in [-0.15, -0.1) is 0 Å². The molecule has 0 aliphatic carbocycles. The summed E-state index contributed by atoms with van der Waals surface area (Å²) in [5.74, 6) is 0.733. The molecule has 3 heterocycles. The van der Waals surface area contributed by atoms with Crippen molar-refractivity contribution in [2.75, 3.05) is 18.0 Å². The summed E-state index contributed by atoms with van der Waals surface area (Å²) in [6.45, 7) is 1.96. The number of carbonyl (C=O) groups excluding carboxylic acids is 1. The lowest BCUT2D eigenvalue weighted by Gasteiger charge is -2.27. The van der Waals surface area contributed by atoms with Crippen LogP contribution in [0, 0.1) is 5.92 Å². The number of hydrazine groups is 1. The molecule has 1 aromatic rings. The maximum Gasteiger partial charge on any atom is 0.249 e. The molecule has 116 valence electrons. The number of allylic oxidation sites excluding steroid dienone is 1. The Kier molecular flexibility index (Phi) is 3.92. The highest BCUT2D eigenvalue weighted by Gasteiger charge is 2.38. The molecule has 1 aromatic carbocycles. The van der Waals surface area contributed by atoms with Crippen LogP contribution >= 0.6 is 11.9 Å². The van der Waals surface area contributed by atoms with Crippen molar-refractivity contribution < 1.29 is 4.79 Å². The SMILES string of the molecule is O=C(C1CC(C2CNNC2)SN1)N1C=CCc2ccccc21. The molecule has 4 rings (SSSR count). The first-order valence-electron chi connectivity index (χ1n) is 7.77. The van der Waals surface area contributed by atoms with Crippen molar-refractivity contribution in [1.29, 1.82) is 0 Å². The third-order valence-corrected chi connectivity index (χ3v) is 5.89. The van der Waals surface area contributed by atoms with Gasteiger partial charge in [0.1, 0.15) is 0 Å². The van der Waals surface area contributed by atoms with Crippen LogP contribution in [-0.4, -0.2) is 30.3 Å². The van der Waals surface area contributed by atoms with Crippen molar-refractivity contribution in [3.05, 3.63) is 42.1 Å². The summed E-state index contributed by atoms with van der Waals surface area (Å²) in [4.78, 5) is 14.7. The molecule has 2 saturated heterocycles. The highest BCUT2D eigenvalue weighted by molar-refractivity contribution is 7.98. The predicted molar refractivity (Wildman–Crippen MR) is 89.2 cm³/mol. The van der Waals surface area contributed by atoms with Gasteiger partial charge in [0, 0.05) is 24.5 Å². The minimum Gasteiger partial charge on any atom is -0.287 e. The van der Waals surface area contributed by atoms with Gasteiger partial charge in [0.25, 0.3) is 0 Å². The van der Waals surface area contributed by atoms with Crippen molar-refractivity contribution in [2.45, 2.75) is 24.1 Å². The minimum absolute atomic E-state index is 0.105. The average Bonchev–Trinajstić information content (AvgIpc) is 3.24. The number of nitrogens with one attached hydrogen (secondary N) is 3. The molecule has 0 spiro atoms. The zero-order valence-electron chi connectivity index (χ0n) is 12.3. The fraction of sp³-hybridized carbons (Fsp3) is 0.438. The topological polar surface area (TPSA) is 56.4 Å². The molecule has 3 aliphatic heterocycles. The second-order valence-corrected chi connectivity index (χ2v) is 7.09. The van der Waals surface area contributed by atoms with Gasteiger partial charge in [0.05, 0.1) is 11.7 Å². The van der Waals surface area contributed by atoms with E-state index in [0.29, 0.717) is 11.2 Å². The second-order valence-electron chi connectivity index (χ2n) is 6.01. The quantitative estimate of drug-likeness (QED) is 0.716. The van der Waals surface area contributed by atoms with Crippen molar-refractivity contribution in [1.82, 2.24) is 15.6 Å². The molecule has 2 unspecified atom stereocenters. The van der Waals surface area contributed by atoms with Gasteiger partial charge >= 0.3 is 0 Å². The number of carbonyl (C=O) groups is 1. The largest absolute Gasteiger partial charge is 0.287 e. The standard InChI is InChI=1S/C16H20N4OS/c21-16(13-8-15(22-19-13)12-9-17-18-10-12)20-7-3-5-11-4-1-2-6-14(11)20/h1-4,6-7,12-13,15,17-19H,5,8-10H2. The maximum atomic E-state index is 12.9. The minimum atomic E-state index is -0.105. The molecule has 0 saturated carbocycles. The Hall–Kier alpha value is -1.34. The van der Waals surface area contributed by atoms with Crippen molar-refractivity contribution >= 4 is 23.5 Å². The van der Waals surface area contributed by atoms with E-state index >= 15 is 0 Å². The van der Waals surface area contributed by atoms with Crippen molar-refractivity contribution in [3.63, 3.8) is 0 Å². The van der Waals surface area contributed by atoms with Crippen molar-refractivity contribution in [2.24, 2.45) is 5.92 Å². The highest BCUT2D eigenvalue weighted by Crippen LogP contribution is 2.33. The molecule has 22 heavy (non-hydrogen) atoms. The zero-order chi connectivity index (χ0) is 14.9. The number of benzene rings is 1. The van der Waals surface area contributed by atoms with E-state index in [9.17, 15) is 4.79 Å². The number of nitrogens with zero attached hydrogens (tertiary/aromatic N) is 1. The Bertz CT molecular complexity index is 600. The van der Waals surface area contributed by atoms with E-state index < -0.39 is 0 Å². The smallest absolute Gasteiger partial charge is 0.249 e. The molecule has 6 heteroatoms. The summed E-state index contributed by atoms with van der Waals surface area (Å²) < 4.78 is 3.35. The predicted octanol–water partition coefficient (Wildman–Crippen LogP) is 1.19. The Morgan fingerprint density at radius 3 is 2.91 bits per heavy atom. The molecule has 3 N–H and O–H groups in total. The fourth-order valence-electron chi connectivity index (χ4n) is 3.32. The molecule has 0 aromatic heterocycles. The summed E-state index contributed by atoms with van der Waals surface area (Å²) in [5.41, 5.74) is 8.58. The number of hydrogen-bond acceptors (Lipinski definition) is 5.